The van der Waals surface area contributed by atoms with Crippen LogP contribution in [0.15, 0.2) is 6.33 Å². The van der Waals surface area contributed by atoms with Gasteiger partial charge in [-0.15, -0.1) is 10.2 Å². The van der Waals surface area contributed by atoms with Crippen LogP contribution in [-0.4, -0.2) is 66.6 Å². The summed E-state index contributed by atoms with van der Waals surface area (Å²) in [6.45, 7) is 14.5. The van der Waals surface area contributed by atoms with Gasteiger partial charge < -0.3 is 9.47 Å². The maximum atomic E-state index is 4.63. The van der Waals surface area contributed by atoms with Gasteiger partial charge >= 0.3 is 0 Å². The minimum atomic E-state index is 0.302. The van der Waals surface area contributed by atoms with Gasteiger partial charge in [-0.1, -0.05) is 0 Å². The molecule has 1 unspecified atom stereocenters. The summed E-state index contributed by atoms with van der Waals surface area (Å²) in [5.74, 6) is 1.60. The number of aryl methyl sites for hydroxylation is 3. The number of hydrogen-bond acceptors (Lipinski definition) is 5. The highest BCUT2D eigenvalue weighted by molar-refractivity contribution is 5.25. The van der Waals surface area contributed by atoms with Crippen molar-refractivity contribution in [2.24, 2.45) is 19.5 Å². The fraction of sp³-hybridized carbons (Fsp3) is 0.762. The quantitative estimate of drug-likeness (QED) is 0.808. The monoisotopic (exact) mass is 385 g/mol. The third-order valence-electron chi connectivity index (χ3n) is 7.34. The van der Waals surface area contributed by atoms with E-state index < -0.39 is 0 Å². The summed E-state index contributed by atoms with van der Waals surface area (Å²) in [6.07, 6.45) is 4.33. The number of rotatable bonds is 4. The van der Waals surface area contributed by atoms with Gasteiger partial charge in [0.05, 0.1) is 5.69 Å². The Kier molecular flexibility index (Phi) is 5.08. The minimum absolute atomic E-state index is 0.302. The maximum absolute atomic E-state index is 4.63. The lowest BCUT2D eigenvalue weighted by molar-refractivity contribution is 0.0747. The van der Waals surface area contributed by atoms with E-state index in [4.69, 9.17) is 0 Å². The zero-order valence-electron chi connectivity index (χ0n) is 18.3. The highest BCUT2D eigenvalue weighted by Gasteiger charge is 2.50. The Bertz CT molecular complexity index is 826. The summed E-state index contributed by atoms with van der Waals surface area (Å²) in [5, 5.41) is 13.4. The zero-order chi connectivity index (χ0) is 20.1. The van der Waals surface area contributed by atoms with Crippen molar-refractivity contribution in [1.29, 1.82) is 0 Å². The van der Waals surface area contributed by atoms with Gasteiger partial charge in [-0.3, -0.25) is 9.58 Å². The average Bonchev–Trinajstić information content (AvgIpc) is 3.28. The lowest BCUT2D eigenvalue weighted by atomic mass is 9.70. The van der Waals surface area contributed by atoms with E-state index in [-0.39, 0.29) is 0 Å². The van der Waals surface area contributed by atoms with E-state index in [2.05, 4.69) is 64.4 Å². The molecule has 2 aromatic rings. The normalized spacial score (nSPS) is 23.3. The standard InChI is InChI=1S/C21H35N7/c1-15(2)28-9-7-21(8-10-28)13-27(11-18-16(3)24-26(6)17(18)4)12-19(21)20-23-22-14-25(20)5/h14-15,19H,7-13H2,1-6H3. The molecule has 1 atom stereocenters. The third kappa shape index (κ3) is 3.28. The second kappa shape index (κ2) is 7.26. The van der Waals surface area contributed by atoms with E-state index in [1.165, 1.54) is 37.2 Å². The molecule has 154 valence electrons. The van der Waals surface area contributed by atoms with Crippen LogP contribution in [0.4, 0.5) is 0 Å². The second-order valence-corrected chi connectivity index (χ2v) is 9.29. The molecule has 0 N–H and O–H groups in total. The van der Waals surface area contributed by atoms with Crippen LogP contribution in [0.5, 0.6) is 0 Å². The molecule has 2 aliphatic heterocycles. The summed E-state index contributed by atoms with van der Waals surface area (Å²) in [5.41, 5.74) is 4.13. The molecule has 0 aliphatic carbocycles. The van der Waals surface area contributed by atoms with Crippen LogP contribution < -0.4 is 0 Å². The topological polar surface area (TPSA) is 55.0 Å². The first-order valence-corrected chi connectivity index (χ1v) is 10.6. The molecule has 0 amide bonds. The van der Waals surface area contributed by atoms with Crippen molar-refractivity contribution in [1.82, 2.24) is 34.3 Å². The molecule has 2 saturated heterocycles. The first-order chi connectivity index (χ1) is 13.3. The highest BCUT2D eigenvalue weighted by Crippen LogP contribution is 2.49. The molecule has 7 nitrogen and oxygen atoms in total. The van der Waals surface area contributed by atoms with Gasteiger partial charge in [0.2, 0.25) is 0 Å². The van der Waals surface area contributed by atoms with Crippen LogP contribution in [0.1, 0.15) is 55.4 Å². The second-order valence-electron chi connectivity index (χ2n) is 9.29. The Morgan fingerprint density at radius 3 is 2.43 bits per heavy atom. The molecule has 4 heterocycles. The molecule has 0 aromatic carbocycles. The van der Waals surface area contributed by atoms with Crippen LogP contribution in [0.25, 0.3) is 0 Å². The van der Waals surface area contributed by atoms with Crippen LogP contribution >= 0.6 is 0 Å². The molecular formula is C21H35N7. The van der Waals surface area contributed by atoms with Crippen molar-refractivity contribution < 1.29 is 0 Å². The van der Waals surface area contributed by atoms with E-state index in [1.54, 1.807) is 0 Å². The van der Waals surface area contributed by atoms with Crippen molar-refractivity contribution in [3.8, 4) is 0 Å². The summed E-state index contributed by atoms with van der Waals surface area (Å²) in [4.78, 5) is 5.26. The lowest BCUT2D eigenvalue weighted by Gasteiger charge is -2.43. The average molecular weight is 386 g/mol. The molecule has 7 heteroatoms. The number of piperidine rings is 1. The van der Waals surface area contributed by atoms with E-state index in [0.717, 1.165) is 31.2 Å². The Labute approximate surface area is 168 Å². The molecule has 2 fully saturated rings. The third-order valence-corrected chi connectivity index (χ3v) is 7.34. The van der Waals surface area contributed by atoms with Crippen LogP contribution in [-0.2, 0) is 20.6 Å². The van der Waals surface area contributed by atoms with Crippen molar-refractivity contribution in [2.45, 2.75) is 59.0 Å². The van der Waals surface area contributed by atoms with Crippen molar-refractivity contribution >= 4 is 0 Å². The fourth-order valence-corrected chi connectivity index (χ4v) is 5.42. The van der Waals surface area contributed by atoms with Gasteiger partial charge in [0.15, 0.2) is 0 Å². The zero-order valence-corrected chi connectivity index (χ0v) is 18.3. The molecule has 28 heavy (non-hydrogen) atoms. The Hall–Kier alpha value is -1.73. The Morgan fingerprint density at radius 1 is 1.18 bits per heavy atom. The lowest BCUT2D eigenvalue weighted by Crippen LogP contribution is -2.46. The van der Waals surface area contributed by atoms with Crippen LogP contribution in [0, 0.1) is 19.3 Å². The van der Waals surface area contributed by atoms with E-state index in [1.807, 2.05) is 18.1 Å². The summed E-state index contributed by atoms with van der Waals surface area (Å²) in [7, 11) is 4.13. The number of likely N-dealkylation sites (tertiary alicyclic amines) is 2. The van der Waals surface area contributed by atoms with Crippen molar-refractivity contribution in [2.75, 3.05) is 26.2 Å². The van der Waals surface area contributed by atoms with Crippen molar-refractivity contribution in [3.63, 3.8) is 0 Å². The fourth-order valence-electron chi connectivity index (χ4n) is 5.42. The Balaban J connectivity index is 1.60. The summed E-state index contributed by atoms with van der Waals surface area (Å²) in [6, 6.07) is 0.629. The molecular weight excluding hydrogens is 350 g/mol. The smallest absolute Gasteiger partial charge is 0.137 e. The summed E-state index contributed by atoms with van der Waals surface area (Å²) < 4.78 is 4.14. The first-order valence-electron chi connectivity index (χ1n) is 10.6. The molecule has 2 aromatic heterocycles. The molecule has 1 spiro atoms. The van der Waals surface area contributed by atoms with E-state index in [9.17, 15) is 0 Å². The van der Waals surface area contributed by atoms with E-state index >= 15 is 0 Å². The first kappa shape index (κ1) is 19.6. The van der Waals surface area contributed by atoms with E-state index in [0.29, 0.717) is 17.4 Å². The number of nitrogens with zero attached hydrogens (tertiary/aromatic N) is 7. The van der Waals surface area contributed by atoms with Crippen LogP contribution in [0.3, 0.4) is 0 Å². The SMILES string of the molecule is Cc1nn(C)c(C)c1CN1CC(c2nncn2C)C2(CCN(C(C)C)CC2)C1. The van der Waals surface area contributed by atoms with Gasteiger partial charge in [-0.25, -0.2) is 0 Å². The van der Waals surface area contributed by atoms with Gasteiger partial charge in [-0.2, -0.15) is 5.10 Å². The largest absolute Gasteiger partial charge is 0.320 e. The molecule has 0 bridgehead atoms. The van der Waals surface area contributed by atoms with Gasteiger partial charge in [0, 0.05) is 56.9 Å². The van der Waals surface area contributed by atoms with Gasteiger partial charge in [-0.05, 0) is 59.0 Å². The predicted molar refractivity (Wildman–Crippen MR) is 110 cm³/mol. The Morgan fingerprint density at radius 2 is 1.89 bits per heavy atom. The molecule has 4 rings (SSSR count). The molecule has 2 aliphatic rings. The van der Waals surface area contributed by atoms with Gasteiger partial charge in [0.25, 0.3) is 0 Å². The van der Waals surface area contributed by atoms with Crippen LogP contribution in [0.2, 0.25) is 0 Å². The number of aromatic nitrogens is 5. The highest BCUT2D eigenvalue weighted by atomic mass is 15.3. The maximum Gasteiger partial charge on any atom is 0.137 e. The van der Waals surface area contributed by atoms with Gasteiger partial charge in [0.1, 0.15) is 12.2 Å². The van der Waals surface area contributed by atoms with Crippen molar-refractivity contribution in [3.05, 3.63) is 29.1 Å². The minimum Gasteiger partial charge on any atom is -0.320 e. The summed E-state index contributed by atoms with van der Waals surface area (Å²) >= 11 is 0. The molecule has 0 saturated carbocycles. The molecule has 0 radical (unpaired) electrons. The predicted octanol–water partition coefficient (Wildman–Crippen LogP) is 2.26. The number of hydrogen-bond donors (Lipinski definition) is 0.